The molecular formula is C8H13F3N2O4. The number of carbonyl (C=O) groups excluding carboxylic acids is 1. The summed E-state index contributed by atoms with van der Waals surface area (Å²) in [6, 6.07) is -0.656. The fraction of sp³-hybridized carbons (Fsp3) is 0.750. The number of carboxylic acids is 1. The summed E-state index contributed by atoms with van der Waals surface area (Å²) in [5, 5.41) is 10.5. The average Bonchev–Trinajstić information content (AvgIpc) is 2.19. The number of amides is 2. The second-order valence-electron chi connectivity index (χ2n) is 3.09. The van der Waals surface area contributed by atoms with Crippen LogP contribution in [0.25, 0.3) is 0 Å². The van der Waals surface area contributed by atoms with Gasteiger partial charge in [-0.05, 0) is 0 Å². The Balaban J connectivity index is 3.68. The van der Waals surface area contributed by atoms with Crippen molar-refractivity contribution < 1.29 is 32.6 Å². The molecule has 0 radical (unpaired) electrons. The SMILES string of the molecule is CN(CCC(=O)O)C(=O)NCCOC(F)(F)F. The maximum Gasteiger partial charge on any atom is 0.522 e. The number of nitrogens with one attached hydrogen (secondary N) is 1. The Hall–Kier alpha value is -1.51. The third kappa shape index (κ3) is 9.42. The highest BCUT2D eigenvalue weighted by Crippen LogP contribution is 2.15. The minimum absolute atomic E-state index is 0.0265. The maximum atomic E-state index is 11.5. The summed E-state index contributed by atoms with van der Waals surface area (Å²) in [6.45, 7) is -1.03. The van der Waals surface area contributed by atoms with Crippen LogP contribution in [0, 0.1) is 0 Å². The molecule has 17 heavy (non-hydrogen) atoms. The van der Waals surface area contributed by atoms with Crippen molar-refractivity contribution in [3.8, 4) is 0 Å². The third-order valence-electron chi connectivity index (χ3n) is 1.65. The molecule has 0 aromatic carbocycles. The lowest BCUT2D eigenvalue weighted by atomic mass is 10.4. The van der Waals surface area contributed by atoms with E-state index in [1.165, 1.54) is 7.05 Å². The van der Waals surface area contributed by atoms with Crippen LogP contribution in [-0.2, 0) is 9.53 Å². The fourth-order valence-corrected chi connectivity index (χ4v) is 0.825. The van der Waals surface area contributed by atoms with Crippen molar-refractivity contribution >= 4 is 12.0 Å². The average molecular weight is 258 g/mol. The Bertz CT molecular complexity index is 270. The van der Waals surface area contributed by atoms with Gasteiger partial charge in [0.1, 0.15) is 0 Å². The van der Waals surface area contributed by atoms with E-state index in [4.69, 9.17) is 5.11 Å². The molecule has 0 saturated heterocycles. The number of alkyl halides is 3. The van der Waals surface area contributed by atoms with Gasteiger partial charge < -0.3 is 15.3 Å². The molecule has 0 atom stereocenters. The topological polar surface area (TPSA) is 78.9 Å². The van der Waals surface area contributed by atoms with Crippen molar-refractivity contribution in [2.24, 2.45) is 0 Å². The van der Waals surface area contributed by atoms with Crippen molar-refractivity contribution in [2.45, 2.75) is 12.8 Å². The van der Waals surface area contributed by atoms with Gasteiger partial charge in [0, 0.05) is 20.1 Å². The number of ether oxygens (including phenoxy) is 1. The minimum atomic E-state index is -4.72. The van der Waals surface area contributed by atoms with E-state index in [0.29, 0.717) is 0 Å². The van der Waals surface area contributed by atoms with Gasteiger partial charge in [0.05, 0.1) is 13.0 Å². The molecular weight excluding hydrogens is 245 g/mol. The van der Waals surface area contributed by atoms with Gasteiger partial charge in [0.2, 0.25) is 0 Å². The summed E-state index contributed by atoms with van der Waals surface area (Å²) in [6.07, 6.45) is -4.96. The zero-order valence-corrected chi connectivity index (χ0v) is 9.08. The molecule has 0 aliphatic heterocycles. The molecule has 2 amide bonds. The van der Waals surface area contributed by atoms with Gasteiger partial charge in [-0.2, -0.15) is 0 Å². The molecule has 6 nitrogen and oxygen atoms in total. The summed E-state index contributed by atoms with van der Waals surface area (Å²) in [5.41, 5.74) is 0. The molecule has 0 aromatic rings. The highest BCUT2D eigenvalue weighted by atomic mass is 19.4. The molecule has 0 aromatic heterocycles. The Labute approximate surface area is 95.3 Å². The van der Waals surface area contributed by atoms with Gasteiger partial charge in [0.15, 0.2) is 0 Å². The molecule has 0 fully saturated rings. The Morgan fingerprint density at radius 2 is 2.00 bits per heavy atom. The van der Waals surface area contributed by atoms with Gasteiger partial charge in [-0.25, -0.2) is 4.79 Å². The first-order valence-electron chi connectivity index (χ1n) is 4.64. The predicted octanol–water partition coefficient (Wildman–Crippen LogP) is 0.639. The number of hydrogen-bond acceptors (Lipinski definition) is 3. The number of rotatable bonds is 6. The maximum absolute atomic E-state index is 11.5. The summed E-state index contributed by atoms with van der Waals surface area (Å²) >= 11 is 0. The summed E-state index contributed by atoms with van der Waals surface area (Å²) in [5.74, 6) is -1.06. The lowest BCUT2D eigenvalue weighted by Crippen LogP contribution is -2.40. The quantitative estimate of drug-likeness (QED) is 0.685. The molecule has 2 N–H and O–H groups in total. The molecule has 0 rings (SSSR count). The van der Waals surface area contributed by atoms with Gasteiger partial charge >= 0.3 is 18.4 Å². The van der Waals surface area contributed by atoms with Crippen LogP contribution < -0.4 is 5.32 Å². The van der Waals surface area contributed by atoms with E-state index < -0.39 is 25.0 Å². The second-order valence-corrected chi connectivity index (χ2v) is 3.09. The lowest BCUT2D eigenvalue weighted by Gasteiger charge is -2.17. The Morgan fingerprint density at radius 3 is 2.47 bits per heavy atom. The number of halogens is 3. The van der Waals surface area contributed by atoms with Crippen LogP contribution in [0.15, 0.2) is 0 Å². The zero-order valence-electron chi connectivity index (χ0n) is 9.08. The molecule has 100 valence electrons. The molecule has 9 heteroatoms. The monoisotopic (exact) mass is 258 g/mol. The number of carbonyl (C=O) groups is 2. The van der Waals surface area contributed by atoms with Gasteiger partial charge in [-0.15, -0.1) is 13.2 Å². The smallest absolute Gasteiger partial charge is 0.481 e. The van der Waals surface area contributed by atoms with E-state index in [9.17, 15) is 22.8 Å². The van der Waals surface area contributed by atoms with Gasteiger partial charge in [0.25, 0.3) is 0 Å². The molecule has 0 aliphatic carbocycles. The number of hydrogen-bond donors (Lipinski definition) is 2. The van der Waals surface area contributed by atoms with E-state index in [1.54, 1.807) is 0 Å². The van der Waals surface area contributed by atoms with E-state index in [2.05, 4.69) is 10.1 Å². The second kappa shape index (κ2) is 6.94. The molecule has 0 aliphatic rings. The molecule has 0 spiro atoms. The van der Waals surface area contributed by atoms with Crippen LogP contribution in [-0.4, -0.2) is 55.1 Å². The number of urea groups is 1. The number of carboxylic acid groups (broad SMARTS) is 1. The Morgan fingerprint density at radius 1 is 1.41 bits per heavy atom. The van der Waals surface area contributed by atoms with Crippen molar-refractivity contribution in [1.82, 2.24) is 10.2 Å². The lowest BCUT2D eigenvalue weighted by molar-refractivity contribution is -0.323. The highest BCUT2D eigenvalue weighted by Gasteiger charge is 2.28. The van der Waals surface area contributed by atoms with Crippen molar-refractivity contribution in [3.63, 3.8) is 0 Å². The summed E-state index contributed by atoms with van der Waals surface area (Å²) in [7, 11) is 1.34. The predicted molar refractivity (Wildman–Crippen MR) is 50.3 cm³/mol. The van der Waals surface area contributed by atoms with Crippen molar-refractivity contribution in [3.05, 3.63) is 0 Å². The first-order chi connectivity index (χ1) is 7.72. The zero-order chi connectivity index (χ0) is 13.5. The minimum Gasteiger partial charge on any atom is -0.481 e. The highest BCUT2D eigenvalue weighted by molar-refractivity contribution is 5.74. The standard InChI is InChI=1S/C8H13F3N2O4/c1-13(4-2-6(14)15)7(16)12-3-5-17-8(9,10)11/h2-5H2,1H3,(H,12,16)(H,14,15). The van der Waals surface area contributed by atoms with Crippen LogP contribution in [0.4, 0.5) is 18.0 Å². The van der Waals surface area contributed by atoms with E-state index in [1.807, 2.05) is 0 Å². The van der Waals surface area contributed by atoms with Crippen LogP contribution in [0.2, 0.25) is 0 Å². The van der Waals surface area contributed by atoms with Crippen LogP contribution in [0.5, 0.6) is 0 Å². The van der Waals surface area contributed by atoms with Crippen LogP contribution >= 0.6 is 0 Å². The largest absolute Gasteiger partial charge is 0.522 e. The summed E-state index contributed by atoms with van der Waals surface area (Å²) < 4.78 is 38.0. The number of aliphatic carboxylic acids is 1. The molecule has 0 unspecified atom stereocenters. The van der Waals surface area contributed by atoms with Gasteiger partial charge in [-0.3, -0.25) is 9.53 Å². The first-order valence-corrected chi connectivity index (χ1v) is 4.64. The molecule has 0 saturated carbocycles. The van der Waals surface area contributed by atoms with E-state index in [0.717, 1.165) is 4.90 Å². The summed E-state index contributed by atoms with van der Waals surface area (Å²) in [4.78, 5) is 22.4. The van der Waals surface area contributed by atoms with Crippen molar-refractivity contribution in [2.75, 3.05) is 26.7 Å². The van der Waals surface area contributed by atoms with Crippen molar-refractivity contribution in [1.29, 1.82) is 0 Å². The van der Waals surface area contributed by atoms with Crippen LogP contribution in [0.1, 0.15) is 6.42 Å². The van der Waals surface area contributed by atoms with E-state index >= 15 is 0 Å². The fourth-order valence-electron chi connectivity index (χ4n) is 0.825. The molecule has 0 heterocycles. The normalized spacial score (nSPS) is 11.1. The van der Waals surface area contributed by atoms with Crippen LogP contribution in [0.3, 0.4) is 0 Å². The first kappa shape index (κ1) is 15.5. The third-order valence-corrected chi connectivity index (χ3v) is 1.65. The van der Waals surface area contributed by atoms with Gasteiger partial charge in [-0.1, -0.05) is 0 Å². The molecule has 0 bridgehead atoms. The van der Waals surface area contributed by atoms with E-state index in [-0.39, 0.29) is 19.5 Å². The Kier molecular flexibility index (Phi) is 6.33. The number of nitrogens with zero attached hydrogens (tertiary/aromatic N) is 1.